The van der Waals surface area contributed by atoms with E-state index in [0.717, 1.165) is 13.0 Å². The van der Waals surface area contributed by atoms with Crippen molar-refractivity contribution in [2.45, 2.75) is 70.8 Å². The van der Waals surface area contributed by atoms with Gasteiger partial charge in [-0.05, 0) is 57.8 Å². The Labute approximate surface area is 114 Å². The van der Waals surface area contributed by atoms with Crippen LogP contribution in [0.2, 0.25) is 0 Å². The fraction of sp³-hybridized carbons (Fsp3) is 0.875. The number of allylic oxidation sites excluding steroid dienone is 2. The standard InChI is InChI=1S/C16H24F2O/c1-12(2)19-11-14(5-6-14)9-13-3-4-15(10-13)7-8-16(15,17)18/h3,12H,4-11H2,1-2H3. The van der Waals surface area contributed by atoms with E-state index in [1.54, 1.807) is 0 Å². The first-order valence-electron chi connectivity index (χ1n) is 7.54. The molecule has 0 saturated heterocycles. The van der Waals surface area contributed by atoms with E-state index in [1.807, 2.05) is 0 Å². The summed E-state index contributed by atoms with van der Waals surface area (Å²) < 4.78 is 33.2. The molecule has 19 heavy (non-hydrogen) atoms. The molecule has 0 aromatic heterocycles. The molecule has 0 bridgehead atoms. The SMILES string of the molecule is CC(C)OCC1(CC2=CCC3(CCC3(F)F)C2)CC1. The monoisotopic (exact) mass is 270 g/mol. The first-order chi connectivity index (χ1) is 8.87. The molecule has 3 aliphatic carbocycles. The molecule has 0 amide bonds. The van der Waals surface area contributed by atoms with E-state index >= 15 is 0 Å². The molecule has 0 aromatic rings. The Kier molecular flexibility index (Phi) is 3.05. The number of alkyl halides is 2. The topological polar surface area (TPSA) is 9.23 Å². The highest BCUT2D eigenvalue weighted by molar-refractivity contribution is 5.24. The van der Waals surface area contributed by atoms with Crippen molar-refractivity contribution in [1.29, 1.82) is 0 Å². The Hall–Kier alpha value is -0.440. The van der Waals surface area contributed by atoms with Crippen LogP contribution in [0.1, 0.15) is 58.8 Å². The smallest absolute Gasteiger partial charge is 0.254 e. The van der Waals surface area contributed by atoms with Gasteiger partial charge in [-0.1, -0.05) is 11.6 Å². The van der Waals surface area contributed by atoms with E-state index in [0.29, 0.717) is 19.3 Å². The molecule has 0 N–H and O–H groups in total. The Morgan fingerprint density at radius 3 is 2.37 bits per heavy atom. The van der Waals surface area contributed by atoms with Gasteiger partial charge in [-0.15, -0.1) is 0 Å². The first kappa shape index (κ1) is 13.5. The van der Waals surface area contributed by atoms with Gasteiger partial charge in [0.15, 0.2) is 0 Å². The molecule has 3 rings (SSSR count). The Morgan fingerprint density at radius 1 is 1.21 bits per heavy atom. The highest BCUT2D eigenvalue weighted by Gasteiger charge is 2.62. The van der Waals surface area contributed by atoms with Gasteiger partial charge in [0.2, 0.25) is 0 Å². The van der Waals surface area contributed by atoms with E-state index < -0.39 is 11.3 Å². The number of hydrogen-bond donors (Lipinski definition) is 0. The molecule has 3 heteroatoms. The average molecular weight is 270 g/mol. The second kappa shape index (κ2) is 4.28. The number of halogens is 2. The minimum absolute atomic E-state index is 0.0930. The summed E-state index contributed by atoms with van der Waals surface area (Å²) in [7, 11) is 0. The predicted molar refractivity (Wildman–Crippen MR) is 71.3 cm³/mol. The van der Waals surface area contributed by atoms with Crippen LogP contribution in [0.3, 0.4) is 0 Å². The lowest BCUT2D eigenvalue weighted by Gasteiger charge is -2.47. The maximum atomic E-state index is 13.7. The maximum absolute atomic E-state index is 13.7. The summed E-state index contributed by atoms with van der Waals surface area (Å²) in [5.41, 5.74) is 0.849. The molecule has 1 spiro atoms. The molecule has 1 atom stereocenters. The van der Waals surface area contributed by atoms with Crippen LogP contribution < -0.4 is 0 Å². The molecule has 0 heterocycles. The number of rotatable bonds is 5. The summed E-state index contributed by atoms with van der Waals surface area (Å²) in [5.74, 6) is -2.42. The molecular weight excluding hydrogens is 246 g/mol. The van der Waals surface area contributed by atoms with Gasteiger partial charge >= 0.3 is 0 Å². The van der Waals surface area contributed by atoms with Crippen molar-refractivity contribution in [2.75, 3.05) is 6.61 Å². The molecule has 108 valence electrons. The van der Waals surface area contributed by atoms with Gasteiger partial charge in [0, 0.05) is 11.8 Å². The van der Waals surface area contributed by atoms with E-state index in [4.69, 9.17) is 4.74 Å². The van der Waals surface area contributed by atoms with Gasteiger partial charge < -0.3 is 4.74 Å². The summed E-state index contributed by atoms with van der Waals surface area (Å²) >= 11 is 0. The normalized spacial score (nSPS) is 34.5. The van der Waals surface area contributed by atoms with Crippen molar-refractivity contribution in [3.8, 4) is 0 Å². The van der Waals surface area contributed by atoms with Crippen LogP contribution in [-0.2, 0) is 4.74 Å². The second-order valence-corrected chi connectivity index (χ2v) is 7.26. The lowest BCUT2D eigenvalue weighted by molar-refractivity contribution is -0.196. The zero-order valence-electron chi connectivity index (χ0n) is 12.0. The Balaban J connectivity index is 1.55. The van der Waals surface area contributed by atoms with Crippen molar-refractivity contribution in [1.82, 2.24) is 0 Å². The van der Waals surface area contributed by atoms with Gasteiger partial charge in [0.25, 0.3) is 5.92 Å². The van der Waals surface area contributed by atoms with Crippen LogP contribution in [0, 0.1) is 10.8 Å². The molecule has 0 aliphatic heterocycles. The van der Waals surface area contributed by atoms with Crippen LogP contribution in [0.25, 0.3) is 0 Å². The van der Waals surface area contributed by atoms with Crippen molar-refractivity contribution in [3.05, 3.63) is 11.6 Å². The minimum atomic E-state index is -2.42. The maximum Gasteiger partial charge on any atom is 0.254 e. The van der Waals surface area contributed by atoms with E-state index in [-0.39, 0.29) is 17.9 Å². The quantitative estimate of drug-likeness (QED) is 0.657. The van der Waals surface area contributed by atoms with Gasteiger partial charge in [0.05, 0.1) is 12.7 Å². The van der Waals surface area contributed by atoms with Crippen LogP contribution in [0.4, 0.5) is 8.78 Å². The molecular formula is C16H24F2O. The molecule has 0 radical (unpaired) electrons. The van der Waals surface area contributed by atoms with Crippen molar-refractivity contribution in [3.63, 3.8) is 0 Å². The van der Waals surface area contributed by atoms with Crippen LogP contribution in [0.15, 0.2) is 11.6 Å². The summed E-state index contributed by atoms with van der Waals surface area (Å²) in [6, 6.07) is 0. The Morgan fingerprint density at radius 2 is 1.95 bits per heavy atom. The van der Waals surface area contributed by atoms with Crippen LogP contribution >= 0.6 is 0 Å². The molecule has 2 saturated carbocycles. The summed E-state index contributed by atoms with van der Waals surface area (Å²) in [4.78, 5) is 0. The van der Waals surface area contributed by atoms with E-state index in [9.17, 15) is 8.78 Å². The second-order valence-electron chi connectivity index (χ2n) is 7.26. The van der Waals surface area contributed by atoms with E-state index in [2.05, 4.69) is 19.9 Å². The zero-order chi connectivity index (χ0) is 13.7. The van der Waals surface area contributed by atoms with Crippen LogP contribution in [0.5, 0.6) is 0 Å². The van der Waals surface area contributed by atoms with Gasteiger partial charge in [0.1, 0.15) is 0 Å². The third-order valence-corrected chi connectivity index (χ3v) is 5.32. The van der Waals surface area contributed by atoms with Gasteiger partial charge in [-0.3, -0.25) is 0 Å². The number of ether oxygens (including phenoxy) is 1. The molecule has 1 nitrogen and oxygen atoms in total. The largest absolute Gasteiger partial charge is 0.378 e. The zero-order valence-corrected chi connectivity index (χ0v) is 12.0. The molecule has 1 unspecified atom stereocenters. The highest BCUT2D eigenvalue weighted by atomic mass is 19.3. The first-order valence-corrected chi connectivity index (χ1v) is 7.54. The Bertz CT molecular complexity index is 396. The lowest BCUT2D eigenvalue weighted by Crippen LogP contribution is -2.49. The van der Waals surface area contributed by atoms with Crippen molar-refractivity contribution >= 4 is 0 Å². The van der Waals surface area contributed by atoms with Crippen molar-refractivity contribution in [2.24, 2.45) is 10.8 Å². The third kappa shape index (κ3) is 2.35. The highest BCUT2D eigenvalue weighted by Crippen LogP contribution is 2.64. The molecule has 2 fully saturated rings. The van der Waals surface area contributed by atoms with Crippen molar-refractivity contribution < 1.29 is 13.5 Å². The molecule has 0 aromatic carbocycles. The van der Waals surface area contributed by atoms with Gasteiger partial charge in [-0.2, -0.15) is 0 Å². The molecule has 3 aliphatic rings. The fourth-order valence-electron chi connectivity index (χ4n) is 3.56. The predicted octanol–water partition coefficient (Wildman–Crippen LogP) is 4.72. The number of hydrogen-bond acceptors (Lipinski definition) is 1. The van der Waals surface area contributed by atoms with Gasteiger partial charge in [-0.25, -0.2) is 8.78 Å². The summed E-state index contributed by atoms with van der Waals surface area (Å²) in [6.45, 7) is 4.90. The lowest BCUT2D eigenvalue weighted by atomic mass is 9.63. The summed E-state index contributed by atoms with van der Waals surface area (Å²) in [6.07, 6.45) is 7.75. The fourth-order valence-corrected chi connectivity index (χ4v) is 3.56. The average Bonchev–Trinajstić information content (AvgIpc) is 2.95. The summed E-state index contributed by atoms with van der Waals surface area (Å²) in [5, 5.41) is 0. The minimum Gasteiger partial charge on any atom is -0.378 e. The third-order valence-electron chi connectivity index (χ3n) is 5.32. The van der Waals surface area contributed by atoms with Crippen LogP contribution in [-0.4, -0.2) is 18.6 Å². The van der Waals surface area contributed by atoms with E-state index in [1.165, 1.54) is 18.4 Å².